The lowest BCUT2D eigenvalue weighted by Crippen LogP contribution is -2.26. The molecule has 0 saturated carbocycles. The summed E-state index contributed by atoms with van der Waals surface area (Å²) in [7, 11) is 0. The quantitative estimate of drug-likeness (QED) is 0.324. The van der Waals surface area contributed by atoms with Crippen molar-refractivity contribution in [2.45, 2.75) is 6.42 Å². The molecule has 1 rings (SSSR count). The molecule has 92 valence electrons. The van der Waals surface area contributed by atoms with Gasteiger partial charge in [0.2, 0.25) is 5.91 Å². The lowest BCUT2D eigenvalue weighted by molar-refractivity contribution is -0.114. The van der Waals surface area contributed by atoms with Gasteiger partial charge in [0.05, 0.1) is 0 Å². The van der Waals surface area contributed by atoms with Gasteiger partial charge in [-0.2, -0.15) is 0 Å². The van der Waals surface area contributed by atoms with Crippen molar-refractivity contribution in [3.8, 4) is 11.5 Å². The summed E-state index contributed by atoms with van der Waals surface area (Å²) in [6, 6.07) is 4.66. The number of carbonyl (C=O) groups excluding carboxylic acids is 1. The fraction of sp³-hybridized carbons (Fsp3) is 0.250. The van der Waals surface area contributed by atoms with E-state index in [1.807, 2.05) is 0 Å². The maximum absolute atomic E-state index is 10.7. The van der Waals surface area contributed by atoms with Gasteiger partial charge < -0.3 is 21.3 Å². The summed E-state index contributed by atoms with van der Waals surface area (Å²) < 4.78 is 0. The first-order chi connectivity index (χ1) is 8.00. The number of nitrogens with one attached hydrogen (secondary N) is 1. The predicted octanol–water partition coefficient (Wildman–Crippen LogP) is 0.271. The molecule has 0 atom stereocenters. The molecule has 0 saturated heterocycles. The maximum Gasteiger partial charge on any atom is 0.245 e. The number of phenolic OH excluding ortho intramolecular Hbond substituents is 2. The van der Waals surface area contributed by atoms with Crippen LogP contribution >= 0.6 is 0 Å². The molecular weight excluding hydrogens is 220 g/mol. The van der Waals surface area contributed by atoms with Gasteiger partial charge in [-0.15, -0.1) is 0 Å². The van der Waals surface area contributed by atoms with Crippen LogP contribution in [0.3, 0.4) is 0 Å². The molecule has 5 N–H and O–H groups in total. The van der Waals surface area contributed by atoms with Crippen molar-refractivity contribution in [1.29, 1.82) is 0 Å². The molecule has 0 bridgehead atoms. The monoisotopic (exact) mass is 236 g/mol. The van der Waals surface area contributed by atoms with Crippen LogP contribution in [0.2, 0.25) is 0 Å². The average Bonchev–Trinajstić information content (AvgIpc) is 2.28. The molecule has 0 aliphatic carbocycles. The van der Waals surface area contributed by atoms with E-state index >= 15 is 0 Å². The third-order valence-electron chi connectivity index (χ3n) is 2.32. The zero-order valence-electron chi connectivity index (χ0n) is 9.44. The van der Waals surface area contributed by atoms with Gasteiger partial charge in [-0.3, -0.25) is 4.79 Å². The van der Waals surface area contributed by atoms with Gasteiger partial charge in [-0.05, 0) is 30.7 Å². The Bertz CT molecular complexity index is 430. The van der Waals surface area contributed by atoms with Crippen LogP contribution in [0, 0.1) is 0 Å². The summed E-state index contributed by atoms with van der Waals surface area (Å²) in [6.45, 7) is 4.48. The molecule has 0 aliphatic heterocycles. The predicted molar refractivity (Wildman–Crippen MR) is 64.7 cm³/mol. The summed E-state index contributed by atoms with van der Waals surface area (Å²) in [6.07, 6.45) is 0.667. The molecule has 0 radical (unpaired) electrons. The van der Waals surface area contributed by atoms with E-state index in [2.05, 4.69) is 11.9 Å². The highest BCUT2D eigenvalue weighted by Crippen LogP contribution is 2.24. The lowest BCUT2D eigenvalue weighted by Gasteiger charge is -2.06. The molecule has 0 fully saturated rings. The molecule has 0 aromatic heterocycles. The number of hydrogen-bond donors (Lipinski definition) is 4. The Balaban J connectivity index is 2.34. The number of rotatable bonds is 6. The fourth-order valence-corrected chi connectivity index (χ4v) is 1.28. The number of hydrogen-bond acceptors (Lipinski definition) is 4. The summed E-state index contributed by atoms with van der Waals surface area (Å²) in [5, 5.41) is 21.4. The molecule has 5 heteroatoms. The Labute approximate surface area is 99.6 Å². The first-order valence-electron chi connectivity index (χ1n) is 5.20. The zero-order chi connectivity index (χ0) is 12.8. The molecule has 0 aliphatic rings. The summed E-state index contributed by atoms with van der Waals surface area (Å²) >= 11 is 0. The van der Waals surface area contributed by atoms with Crippen LogP contribution in [0.4, 0.5) is 0 Å². The topological polar surface area (TPSA) is 95.6 Å². The number of amides is 1. The first-order valence-corrected chi connectivity index (χ1v) is 5.20. The molecule has 17 heavy (non-hydrogen) atoms. The Morgan fingerprint density at radius 2 is 2.06 bits per heavy atom. The number of phenols is 2. The molecule has 1 aromatic carbocycles. The normalized spacial score (nSPS) is 10.1. The average molecular weight is 236 g/mol. The highest BCUT2D eigenvalue weighted by atomic mass is 16.3. The third-order valence-corrected chi connectivity index (χ3v) is 2.32. The zero-order valence-corrected chi connectivity index (χ0v) is 9.44. The van der Waals surface area contributed by atoms with Crippen LogP contribution in [0.15, 0.2) is 30.4 Å². The van der Waals surface area contributed by atoms with Gasteiger partial charge in [0.1, 0.15) is 0 Å². The number of aromatic hydroxyl groups is 2. The van der Waals surface area contributed by atoms with E-state index in [-0.39, 0.29) is 11.5 Å². The SMILES string of the molecule is C=C(CNCCc1ccc(O)c(O)c1)C(N)=O. The number of benzene rings is 1. The number of primary amides is 1. The molecule has 0 unspecified atom stereocenters. The minimum Gasteiger partial charge on any atom is -0.504 e. The van der Waals surface area contributed by atoms with Crippen molar-refractivity contribution in [3.63, 3.8) is 0 Å². The van der Waals surface area contributed by atoms with E-state index in [0.29, 0.717) is 25.1 Å². The second kappa shape index (κ2) is 5.91. The molecular formula is C12H16N2O3. The van der Waals surface area contributed by atoms with Crippen molar-refractivity contribution in [2.24, 2.45) is 5.73 Å². The van der Waals surface area contributed by atoms with Gasteiger partial charge in [0.15, 0.2) is 11.5 Å². The van der Waals surface area contributed by atoms with Crippen LogP contribution in [0.5, 0.6) is 11.5 Å². The van der Waals surface area contributed by atoms with Gasteiger partial charge in [-0.1, -0.05) is 12.6 Å². The van der Waals surface area contributed by atoms with Crippen LogP contribution in [0.25, 0.3) is 0 Å². The minimum atomic E-state index is -0.514. The van der Waals surface area contributed by atoms with Crippen molar-refractivity contribution >= 4 is 5.91 Å². The van der Waals surface area contributed by atoms with E-state index in [0.717, 1.165) is 5.56 Å². The maximum atomic E-state index is 10.7. The highest BCUT2D eigenvalue weighted by molar-refractivity contribution is 5.91. The molecule has 1 amide bonds. The first kappa shape index (κ1) is 13.1. The fourth-order valence-electron chi connectivity index (χ4n) is 1.28. The van der Waals surface area contributed by atoms with Crippen LogP contribution in [0.1, 0.15) is 5.56 Å². The Hall–Kier alpha value is -2.01. The van der Waals surface area contributed by atoms with Crippen molar-refractivity contribution in [1.82, 2.24) is 5.32 Å². The van der Waals surface area contributed by atoms with Crippen molar-refractivity contribution in [3.05, 3.63) is 35.9 Å². The third kappa shape index (κ3) is 4.16. The number of nitrogens with two attached hydrogens (primary N) is 1. The lowest BCUT2D eigenvalue weighted by atomic mass is 10.1. The van der Waals surface area contributed by atoms with E-state index < -0.39 is 5.91 Å². The van der Waals surface area contributed by atoms with E-state index in [1.54, 1.807) is 6.07 Å². The van der Waals surface area contributed by atoms with Gasteiger partial charge in [0.25, 0.3) is 0 Å². The molecule has 0 heterocycles. The van der Waals surface area contributed by atoms with E-state index in [1.165, 1.54) is 12.1 Å². The summed E-state index contributed by atoms with van der Waals surface area (Å²) in [4.78, 5) is 10.7. The summed E-state index contributed by atoms with van der Waals surface area (Å²) in [5.74, 6) is -0.785. The minimum absolute atomic E-state index is 0.135. The van der Waals surface area contributed by atoms with Crippen LogP contribution < -0.4 is 11.1 Å². The smallest absolute Gasteiger partial charge is 0.245 e. The van der Waals surface area contributed by atoms with Crippen molar-refractivity contribution in [2.75, 3.05) is 13.1 Å². The van der Waals surface area contributed by atoms with Crippen LogP contribution in [-0.2, 0) is 11.2 Å². The number of carbonyl (C=O) groups is 1. The summed E-state index contributed by atoms with van der Waals surface area (Å²) in [5.41, 5.74) is 6.25. The Kier molecular flexibility index (Phi) is 4.54. The standard InChI is InChI=1S/C12H16N2O3/c1-8(12(13)17)7-14-5-4-9-2-3-10(15)11(16)6-9/h2-3,6,14-16H,1,4-5,7H2,(H2,13,17). The van der Waals surface area contributed by atoms with Crippen molar-refractivity contribution < 1.29 is 15.0 Å². The van der Waals surface area contributed by atoms with Gasteiger partial charge in [0, 0.05) is 12.1 Å². The van der Waals surface area contributed by atoms with Crippen LogP contribution in [-0.4, -0.2) is 29.2 Å². The second-order valence-electron chi connectivity index (χ2n) is 3.72. The molecule has 5 nitrogen and oxygen atoms in total. The second-order valence-corrected chi connectivity index (χ2v) is 3.72. The molecule has 1 aromatic rings. The molecule has 0 spiro atoms. The van der Waals surface area contributed by atoms with E-state index in [9.17, 15) is 9.90 Å². The highest BCUT2D eigenvalue weighted by Gasteiger charge is 2.02. The Morgan fingerprint density at radius 1 is 1.35 bits per heavy atom. The largest absolute Gasteiger partial charge is 0.504 e. The van der Waals surface area contributed by atoms with Gasteiger partial charge >= 0.3 is 0 Å². The van der Waals surface area contributed by atoms with E-state index in [4.69, 9.17) is 10.8 Å². The Morgan fingerprint density at radius 3 is 2.65 bits per heavy atom. The van der Waals surface area contributed by atoms with Gasteiger partial charge in [-0.25, -0.2) is 0 Å².